The number of likely N-dealkylation sites (tertiary alicyclic amines) is 1. The first-order valence-corrected chi connectivity index (χ1v) is 11.0. The van der Waals surface area contributed by atoms with Crippen molar-refractivity contribution in [3.8, 4) is 5.75 Å². The third kappa shape index (κ3) is 5.33. The molecule has 2 aromatic rings. The summed E-state index contributed by atoms with van der Waals surface area (Å²) in [6, 6.07) is 4.42. The molecule has 7 nitrogen and oxygen atoms in total. The Bertz CT molecular complexity index is 768. The Labute approximate surface area is 170 Å². The molecule has 1 unspecified atom stereocenters. The lowest BCUT2D eigenvalue weighted by atomic mass is 10.1. The maximum absolute atomic E-state index is 6.34. The molecule has 2 fully saturated rings. The highest BCUT2D eigenvalue weighted by atomic mass is 32.1. The Balaban J connectivity index is 1.51. The number of aryl methyl sites for hydroxylation is 1. The van der Waals surface area contributed by atoms with Crippen molar-refractivity contribution in [2.75, 3.05) is 43.9 Å². The van der Waals surface area contributed by atoms with Crippen LogP contribution >= 0.6 is 11.3 Å². The molecule has 2 aliphatic rings. The molecule has 0 aromatic carbocycles. The molecular formula is C20H30N6OS. The average Bonchev–Trinajstić information content (AvgIpc) is 3.09. The average molecular weight is 403 g/mol. The highest BCUT2D eigenvalue weighted by molar-refractivity contribution is 7.15. The second-order valence-electron chi connectivity index (χ2n) is 7.78. The molecule has 1 atom stereocenters. The molecule has 2 aliphatic heterocycles. The number of pyridine rings is 1. The summed E-state index contributed by atoms with van der Waals surface area (Å²) in [5, 5.41) is 11.2. The highest BCUT2D eigenvalue weighted by Crippen LogP contribution is 2.28. The molecule has 28 heavy (non-hydrogen) atoms. The van der Waals surface area contributed by atoms with E-state index < -0.39 is 0 Å². The SMILES string of the molecule is Cc1cnc(Nc2cc(OC3CCN(C)CC3)cc(NC3CCCNC3)n2)s1. The van der Waals surface area contributed by atoms with Gasteiger partial charge in [0.15, 0.2) is 5.13 Å². The lowest BCUT2D eigenvalue weighted by molar-refractivity contribution is 0.114. The van der Waals surface area contributed by atoms with Crippen molar-refractivity contribution in [1.29, 1.82) is 0 Å². The second-order valence-corrected chi connectivity index (χ2v) is 9.02. The van der Waals surface area contributed by atoms with Gasteiger partial charge in [-0.3, -0.25) is 0 Å². The van der Waals surface area contributed by atoms with Gasteiger partial charge in [0.25, 0.3) is 0 Å². The summed E-state index contributed by atoms with van der Waals surface area (Å²) in [4.78, 5) is 12.7. The predicted octanol–water partition coefficient (Wildman–Crippen LogP) is 3.23. The molecule has 8 heteroatoms. The van der Waals surface area contributed by atoms with Crippen molar-refractivity contribution in [3.05, 3.63) is 23.2 Å². The van der Waals surface area contributed by atoms with Crippen LogP contribution in [0.15, 0.2) is 18.3 Å². The minimum Gasteiger partial charge on any atom is -0.490 e. The van der Waals surface area contributed by atoms with E-state index >= 15 is 0 Å². The summed E-state index contributed by atoms with van der Waals surface area (Å²) in [5.41, 5.74) is 0. The van der Waals surface area contributed by atoms with E-state index in [1.165, 1.54) is 11.3 Å². The lowest BCUT2D eigenvalue weighted by Crippen LogP contribution is -2.38. The smallest absolute Gasteiger partial charge is 0.188 e. The molecule has 0 spiro atoms. The molecule has 2 aromatic heterocycles. The van der Waals surface area contributed by atoms with Gasteiger partial charge in [-0.1, -0.05) is 0 Å². The molecule has 0 aliphatic carbocycles. The van der Waals surface area contributed by atoms with Crippen molar-refractivity contribution < 1.29 is 4.74 Å². The van der Waals surface area contributed by atoms with Crippen LogP contribution in [0.4, 0.5) is 16.8 Å². The van der Waals surface area contributed by atoms with E-state index in [0.29, 0.717) is 6.04 Å². The van der Waals surface area contributed by atoms with E-state index in [9.17, 15) is 0 Å². The standard InChI is InChI=1S/C20H30N6OS/c1-14-12-22-20(28-14)25-19-11-17(27-16-5-8-26(2)9-6-16)10-18(24-19)23-15-4-3-7-21-13-15/h10-12,15-16,21H,3-9,13H2,1-2H3,(H2,22,23,24,25). The Morgan fingerprint density at radius 3 is 2.75 bits per heavy atom. The molecule has 3 N–H and O–H groups in total. The predicted molar refractivity (Wildman–Crippen MR) is 115 cm³/mol. The van der Waals surface area contributed by atoms with Gasteiger partial charge in [-0.05, 0) is 46.2 Å². The maximum atomic E-state index is 6.34. The number of hydrogen-bond donors (Lipinski definition) is 3. The van der Waals surface area contributed by atoms with Gasteiger partial charge in [-0.25, -0.2) is 9.97 Å². The Morgan fingerprint density at radius 1 is 1.21 bits per heavy atom. The Hall–Kier alpha value is -1.90. The highest BCUT2D eigenvalue weighted by Gasteiger charge is 2.20. The fraction of sp³-hybridized carbons (Fsp3) is 0.600. The molecule has 0 bridgehead atoms. The van der Waals surface area contributed by atoms with E-state index in [0.717, 1.165) is 68.0 Å². The van der Waals surface area contributed by atoms with Gasteiger partial charge in [0.05, 0.1) is 0 Å². The number of aromatic nitrogens is 2. The van der Waals surface area contributed by atoms with Crippen LogP contribution in [0.1, 0.15) is 30.6 Å². The minimum atomic E-state index is 0.262. The van der Waals surface area contributed by atoms with Gasteiger partial charge in [-0.15, -0.1) is 11.3 Å². The van der Waals surface area contributed by atoms with Crippen LogP contribution in [0.5, 0.6) is 5.75 Å². The van der Waals surface area contributed by atoms with Gasteiger partial charge in [-0.2, -0.15) is 0 Å². The van der Waals surface area contributed by atoms with Crippen LogP contribution in [0.25, 0.3) is 0 Å². The Morgan fingerprint density at radius 2 is 2.04 bits per heavy atom. The monoisotopic (exact) mass is 402 g/mol. The van der Waals surface area contributed by atoms with E-state index in [1.807, 2.05) is 18.3 Å². The number of piperidine rings is 2. The van der Waals surface area contributed by atoms with Crippen LogP contribution in [0, 0.1) is 6.92 Å². The lowest BCUT2D eigenvalue weighted by Gasteiger charge is -2.29. The zero-order chi connectivity index (χ0) is 19.3. The Kier molecular flexibility index (Phi) is 6.29. The zero-order valence-corrected chi connectivity index (χ0v) is 17.5. The topological polar surface area (TPSA) is 74.3 Å². The summed E-state index contributed by atoms with van der Waals surface area (Å²) in [7, 11) is 2.17. The minimum absolute atomic E-state index is 0.262. The van der Waals surface area contributed by atoms with Crippen molar-refractivity contribution >= 4 is 28.1 Å². The summed E-state index contributed by atoms with van der Waals surface area (Å²) in [6.07, 6.45) is 6.60. The quantitative estimate of drug-likeness (QED) is 0.685. The van der Waals surface area contributed by atoms with Crippen molar-refractivity contribution in [3.63, 3.8) is 0 Å². The van der Waals surface area contributed by atoms with E-state index in [-0.39, 0.29) is 6.10 Å². The van der Waals surface area contributed by atoms with Crippen molar-refractivity contribution in [1.82, 2.24) is 20.2 Å². The molecule has 0 amide bonds. The maximum Gasteiger partial charge on any atom is 0.188 e. The van der Waals surface area contributed by atoms with Crippen LogP contribution in [0.2, 0.25) is 0 Å². The van der Waals surface area contributed by atoms with Crippen molar-refractivity contribution in [2.24, 2.45) is 0 Å². The van der Waals surface area contributed by atoms with Gasteiger partial charge >= 0.3 is 0 Å². The first kappa shape index (κ1) is 19.4. The molecular weight excluding hydrogens is 372 g/mol. The van der Waals surface area contributed by atoms with Gasteiger partial charge in [0.2, 0.25) is 0 Å². The number of nitrogens with one attached hydrogen (secondary N) is 3. The van der Waals surface area contributed by atoms with E-state index in [4.69, 9.17) is 9.72 Å². The molecule has 0 saturated carbocycles. The van der Waals surface area contributed by atoms with Gasteiger partial charge < -0.3 is 25.6 Å². The number of thiazole rings is 1. The second kappa shape index (κ2) is 9.07. The van der Waals surface area contributed by atoms with E-state index in [2.05, 4.69) is 39.8 Å². The summed E-state index contributed by atoms with van der Waals surface area (Å²) in [6.45, 7) is 6.28. The largest absolute Gasteiger partial charge is 0.490 e. The third-order valence-corrected chi connectivity index (χ3v) is 6.10. The fourth-order valence-corrected chi connectivity index (χ4v) is 4.38. The number of nitrogens with zero attached hydrogens (tertiary/aromatic N) is 3. The summed E-state index contributed by atoms with van der Waals surface area (Å²) < 4.78 is 6.34. The van der Waals surface area contributed by atoms with E-state index in [1.54, 1.807) is 11.3 Å². The molecule has 4 heterocycles. The summed E-state index contributed by atoms with van der Waals surface area (Å²) >= 11 is 1.63. The first-order chi connectivity index (χ1) is 13.6. The molecule has 0 radical (unpaired) electrons. The van der Waals surface area contributed by atoms with Gasteiger partial charge in [0, 0.05) is 48.9 Å². The number of ether oxygens (including phenoxy) is 1. The number of hydrogen-bond acceptors (Lipinski definition) is 8. The zero-order valence-electron chi connectivity index (χ0n) is 16.7. The van der Waals surface area contributed by atoms with Crippen LogP contribution in [0.3, 0.4) is 0 Å². The summed E-state index contributed by atoms with van der Waals surface area (Å²) in [5.74, 6) is 2.49. The fourth-order valence-electron chi connectivity index (χ4n) is 3.71. The number of rotatable bonds is 6. The van der Waals surface area contributed by atoms with Crippen LogP contribution < -0.4 is 20.7 Å². The molecule has 2 saturated heterocycles. The normalized spacial score (nSPS) is 21.4. The molecule has 4 rings (SSSR count). The number of anilines is 3. The van der Waals surface area contributed by atoms with Crippen LogP contribution in [-0.2, 0) is 0 Å². The van der Waals surface area contributed by atoms with Crippen LogP contribution in [-0.4, -0.2) is 60.2 Å². The molecule has 152 valence electrons. The first-order valence-electron chi connectivity index (χ1n) is 10.2. The third-order valence-electron chi connectivity index (χ3n) is 5.27. The van der Waals surface area contributed by atoms with Gasteiger partial charge in [0.1, 0.15) is 23.5 Å². The van der Waals surface area contributed by atoms with Crippen molar-refractivity contribution in [2.45, 2.75) is 44.8 Å².